The molecule has 0 spiro atoms. The summed E-state index contributed by atoms with van der Waals surface area (Å²) < 4.78 is 5.56. The molecule has 0 bridgehead atoms. The number of nitriles is 2. The highest BCUT2D eigenvalue weighted by Crippen LogP contribution is 2.43. The van der Waals surface area contributed by atoms with Crippen LogP contribution in [0.1, 0.15) is 22.7 Å². The van der Waals surface area contributed by atoms with E-state index in [2.05, 4.69) is 20.6 Å². The Bertz CT molecular complexity index is 1170. The molecule has 6 N–H and O–H groups in total. The smallest absolute Gasteiger partial charge is 0.211 e. The number of nitrogen functional groups attached to an aromatic ring is 2. The minimum absolute atomic E-state index is 0.00234. The van der Waals surface area contributed by atoms with E-state index in [9.17, 15) is 5.26 Å². The van der Waals surface area contributed by atoms with Crippen molar-refractivity contribution in [3.63, 3.8) is 0 Å². The largest absolute Gasteiger partial charge is 0.464 e. The highest BCUT2D eigenvalue weighted by atomic mass is 16.3. The van der Waals surface area contributed by atoms with Gasteiger partial charge in [0.05, 0.1) is 12.0 Å². The summed E-state index contributed by atoms with van der Waals surface area (Å²) >= 11 is 0. The minimum atomic E-state index is -0.631. The molecule has 1 atom stereocenters. The van der Waals surface area contributed by atoms with E-state index in [1.54, 1.807) is 12.3 Å². The van der Waals surface area contributed by atoms with Gasteiger partial charge in [-0.2, -0.15) is 10.5 Å². The summed E-state index contributed by atoms with van der Waals surface area (Å²) in [4.78, 5) is 8.84. The molecule has 3 aromatic rings. The minimum Gasteiger partial charge on any atom is -0.464 e. The standard InChI is InChI=1S/C19H14N8O/c20-8-12-15(22)14-16(25-19(24-9-21)27-18(14)26-17(12)23)11-5-2-1-4-10(11)13-6-3-7-28-13/h1-7,16H,(H6,22,23,24,25,26,27). The number of benzene rings is 1. The highest BCUT2D eigenvalue weighted by Gasteiger charge is 2.31. The number of nitrogens with one attached hydrogen (secondary N) is 2. The third kappa shape index (κ3) is 2.64. The zero-order valence-electron chi connectivity index (χ0n) is 14.5. The molecule has 4 rings (SSSR count). The van der Waals surface area contributed by atoms with Crippen LogP contribution in [0.4, 0.5) is 17.3 Å². The third-order valence-corrected chi connectivity index (χ3v) is 4.40. The SMILES string of the molecule is N#CNC1=NC(c2ccccc2-c2ccco2)c2c(nc(N)c(C#N)c2N)N1. The number of guanidine groups is 1. The fourth-order valence-electron chi connectivity index (χ4n) is 3.20. The van der Waals surface area contributed by atoms with Gasteiger partial charge < -0.3 is 21.2 Å². The van der Waals surface area contributed by atoms with Crippen LogP contribution in [-0.2, 0) is 0 Å². The second kappa shape index (κ2) is 6.67. The number of rotatable bonds is 2. The van der Waals surface area contributed by atoms with E-state index in [4.69, 9.17) is 21.1 Å². The van der Waals surface area contributed by atoms with Gasteiger partial charge in [0, 0.05) is 11.1 Å². The Morgan fingerprint density at radius 2 is 1.96 bits per heavy atom. The number of hydrogen-bond acceptors (Lipinski definition) is 9. The van der Waals surface area contributed by atoms with Crippen molar-refractivity contribution in [1.29, 1.82) is 10.5 Å². The molecule has 9 heteroatoms. The first-order chi connectivity index (χ1) is 13.6. The van der Waals surface area contributed by atoms with Crippen molar-refractivity contribution in [3.8, 4) is 23.6 Å². The average molecular weight is 370 g/mol. The van der Waals surface area contributed by atoms with Gasteiger partial charge in [-0.05, 0) is 17.7 Å². The molecule has 136 valence electrons. The Morgan fingerprint density at radius 3 is 2.68 bits per heavy atom. The van der Waals surface area contributed by atoms with Gasteiger partial charge in [0.2, 0.25) is 5.96 Å². The molecule has 1 unspecified atom stereocenters. The topological polar surface area (TPSA) is 162 Å². The van der Waals surface area contributed by atoms with Gasteiger partial charge in [-0.15, -0.1) is 0 Å². The first-order valence-electron chi connectivity index (χ1n) is 8.25. The van der Waals surface area contributed by atoms with Gasteiger partial charge in [0.25, 0.3) is 0 Å². The lowest BCUT2D eigenvalue weighted by atomic mass is 9.91. The van der Waals surface area contributed by atoms with Gasteiger partial charge in [-0.1, -0.05) is 24.3 Å². The Labute approximate surface area is 159 Å². The number of hydrogen-bond donors (Lipinski definition) is 4. The fraction of sp³-hybridized carbons (Fsp3) is 0.0526. The van der Waals surface area contributed by atoms with Crippen LogP contribution in [-0.4, -0.2) is 10.9 Å². The van der Waals surface area contributed by atoms with Crippen molar-refractivity contribution in [3.05, 3.63) is 59.4 Å². The van der Waals surface area contributed by atoms with E-state index < -0.39 is 6.04 Å². The summed E-state index contributed by atoms with van der Waals surface area (Å²) in [5.41, 5.74) is 14.5. The number of fused-ring (bicyclic) bond motifs is 1. The molecular formula is C19H14N8O. The number of nitrogens with two attached hydrogens (primary N) is 2. The van der Waals surface area contributed by atoms with Crippen molar-refractivity contribution in [2.45, 2.75) is 6.04 Å². The molecule has 0 amide bonds. The summed E-state index contributed by atoms with van der Waals surface area (Å²) in [5.74, 6) is 1.19. The highest BCUT2D eigenvalue weighted by molar-refractivity contribution is 5.98. The van der Waals surface area contributed by atoms with E-state index in [1.165, 1.54) is 0 Å². The summed E-state index contributed by atoms with van der Waals surface area (Å²) in [5, 5.41) is 23.8. The van der Waals surface area contributed by atoms with Gasteiger partial charge in [-0.3, -0.25) is 5.32 Å². The summed E-state index contributed by atoms with van der Waals surface area (Å²) in [7, 11) is 0. The quantitative estimate of drug-likeness (QED) is 0.394. The van der Waals surface area contributed by atoms with Crippen LogP contribution in [0.3, 0.4) is 0 Å². The summed E-state index contributed by atoms with van der Waals surface area (Å²) in [6.45, 7) is 0. The van der Waals surface area contributed by atoms with Crippen LogP contribution in [0.5, 0.6) is 0 Å². The number of aromatic nitrogens is 1. The first kappa shape index (κ1) is 16.9. The number of anilines is 3. The maximum Gasteiger partial charge on any atom is 0.211 e. The molecule has 3 heterocycles. The Balaban J connectivity index is 1.98. The monoisotopic (exact) mass is 370 g/mol. The van der Waals surface area contributed by atoms with Crippen LogP contribution >= 0.6 is 0 Å². The van der Waals surface area contributed by atoms with E-state index >= 15 is 0 Å². The van der Waals surface area contributed by atoms with Crippen LogP contribution in [0.15, 0.2) is 52.1 Å². The van der Waals surface area contributed by atoms with Crippen LogP contribution in [0.2, 0.25) is 0 Å². The zero-order chi connectivity index (χ0) is 19.7. The lowest BCUT2D eigenvalue weighted by molar-refractivity contribution is 0.581. The van der Waals surface area contributed by atoms with Gasteiger partial charge in [0.1, 0.15) is 35.1 Å². The molecule has 9 nitrogen and oxygen atoms in total. The zero-order valence-corrected chi connectivity index (χ0v) is 14.5. The van der Waals surface area contributed by atoms with E-state index in [-0.39, 0.29) is 23.0 Å². The second-order valence-electron chi connectivity index (χ2n) is 5.97. The average Bonchev–Trinajstić information content (AvgIpc) is 3.22. The second-order valence-corrected chi connectivity index (χ2v) is 5.97. The van der Waals surface area contributed by atoms with E-state index in [0.29, 0.717) is 17.1 Å². The predicted octanol–water partition coefficient (Wildman–Crippen LogP) is 2.32. The number of aliphatic imine (C=N–C) groups is 1. The van der Waals surface area contributed by atoms with E-state index in [1.807, 2.05) is 42.6 Å². The summed E-state index contributed by atoms with van der Waals surface area (Å²) in [6.07, 6.45) is 3.41. The number of nitrogens with zero attached hydrogens (tertiary/aromatic N) is 4. The maximum absolute atomic E-state index is 9.42. The molecule has 1 aromatic carbocycles. The Hall–Kier alpha value is -4.50. The van der Waals surface area contributed by atoms with Gasteiger partial charge in [-0.25, -0.2) is 9.98 Å². The van der Waals surface area contributed by atoms with Gasteiger partial charge >= 0.3 is 0 Å². The number of pyridine rings is 1. The maximum atomic E-state index is 9.42. The van der Waals surface area contributed by atoms with Crippen LogP contribution < -0.4 is 22.1 Å². The predicted molar refractivity (Wildman–Crippen MR) is 104 cm³/mol. The molecule has 0 aliphatic carbocycles. The van der Waals surface area contributed by atoms with Crippen LogP contribution in [0.25, 0.3) is 11.3 Å². The molecule has 1 aliphatic heterocycles. The molecule has 28 heavy (non-hydrogen) atoms. The normalized spacial score (nSPS) is 14.8. The molecule has 0 saturated carbocycles. The Kier molecular flexibility index (Phi) is 4.03. The van der Waals surface area contributed by atoms with Gasteiger partial charge in [0.15, 0.2) is 6.19 Å². The lowest BCUT2D eigenvalue weighted by Gasteiger charge is -2.27. The van der Waals surface area contributed by atoms with Crippen molar-refractivity contribution < 1.29 is 4.42 Å². The van der Waals surface area contributed by atoms with Crippen LogP contribution in [0, 0.1) is 22.8 Å². The summed E-state index contributed by atoms with van der Waals surface area (Å²) in [6, 6.07) is 12.5. The molecule has 0 saturated heterocycles. The van der Waals surface area contributed by atoms with Crippen molar-refractivity contribution >= 4 is 23.3 Å². The molecular weight excluding hydrogens is 356 g/mol. The fourth-order valence-corrected chi connectivity index (χ4v) is 3.20. The Morgan fingerprint density at radius 1 is 1.14 bits per heavy atom. The molecule has 1 aliphatic rings. The van der Waals surface area contributed by atoms with Crippen molar-refractivity contribution in [2.24, 2.45) is 4.99 Å². The number of furan rings is 1. The van der Waals surface area contributed by atoms with E-state index in [0.717, 1.165) is 11.1 Å². The van der Waals surface area contributed by atoms with Crippen molar-refractivity contribution in [1.82, 2.24) is 10.3 Å². The molecule has 0 radical (unpaired) electrons. The first-order valence-corrected chi connectivity index (χ1v) is 8.25. The van der Waals surface area contributed by atoms with Crippen molar-refractivity contribution in [2.75, 3.05) is 16.8 Å². The molecule has 0 fully saturated rings. The molecule has 2 aromatic heterocycles. The third-order valence-electron chi connectivity index (χ3n) is 4.40. The lowest BCUT2D eigenvalue weighted by Crippen LogP contribution is -2.32.